The molecule has 1 aromatic carbocycles. The number of benzene rings is 1. The number of terminal acetylenes is 1. The standard InChI is InChI=1S/C22H26N2O4/c1-2-10-23(17-6-4-3-5-7-17)22(26)16-13-21(25)24(15-16)18-8-9-19-20(14-18)28-12-11-27-19/h1,8-9,14,16-17H,3-7,10-13,15H2. The van der Waals surface area contributed by atoms with E-state index in [1.165, 1.54) is 6.42 Å². The summed E-state index contributed by atoms with van der Waals surface area (Å²) in [5.41, 5.74) is 0.741. The van der Waals surface area contributed by atoms with E-state index < -0.39 is 0 Å². The van der Waals surface area contributed by atoms with Crippen molar-refractivity contribution >= 4 is 17.5 Å². The van der Waals surface area contributed by atoms with E-state index >= 15 is 0 Å². The molecule has 2 amide bonds. The Kier molecular flexibility index (Phi) is 5.43. The minimum absolute atomic E-state index is 0.0123. The summed E-state index contributed by atoms with van der Waals surface area (Å²) in [5.74, 6) is 3.58. The Morgan fingerprint density at radius 1 is 1.18 bits per heavy atom. The highest BCUT2D eigenvalue weighted by Gasteiger charge is 2.39. The number of anilines is 1. The predicted octanol–water partition coefficient (Wildman–Crippen LogP) is 2.61. The number of rotatable bonds is 4. The zero-order valence-electron chi connectivity index (χ0n) is 16.1. The van der Waals surface area contributed by atoms with Gasteiger partial charge in [-0.1, -0.05) is 25.2 Å². The molecule has 28 heavy (non-hydrogen) atoms. The summed E-state index contributed by atoms with van der Waals surface area (Å²) in [5, 5.41) is 0. The van der Waals surface area contributed by atoms with Gasteiger partial charge in [0.25, 0.3) is 0 Å². The fourth-order valence-electron chi connectivity index (χ4n) is 4.44. The van der Waals surface area contributed by atoms with Crippen LogP contribution in [0.25, 0.3) is 0 Å². The Balaban J connectivity index is 1.49. The lowest BCUT2D eigenvalue weighted by Gasteiger charge is -2.34. The fourth-order valence-corrected chi connectivity index (χ4v) is 4.44. The summed E-state index contributed by atoms with van der Waals surface area (Å²) in [4.78, 5) is 29.4. The van der Waals surface area contributed by atoms with Gasteiger partial charge in [-0.25, -0.2) is 0 Å². The molecule has 1 unspecified atom stereocenters. The summed E-state index contributed by atoms with van der Waals surface area (Å²) in [6.45, 7) is 1.72. The van der Waals surface area contributed by atoms with E-state index in [4.69, 9.17) is 15.9 Å². The Morgan fingerprint density at radius 2 is 1.93 bits per heavy atom. The molecule has 2 aliphatic heterocycles. The van der Waals surface area contributed by atoms with Crippen molar-refractivity contribution in [3.05, 3.63) is 18.2 Å². The summed E-state index contributed by atoms with van der Waals surface area (Å²) >= 11 is 0. The lowest BCUT2D eigenvalue weighted by atomic mass is 9.93. The molecule has 2 fully saturated rings. The van der Waals surface area contributed by atoms with Crippen LogP contribution in [-0.2, 0) is 9.59 Å². The summed E-state index contributed by atoms with van der Waals surface area (Å²) < 4.78 is 11.2. The molecule has 1 saturated carbocycles. The van der Waals surface area contributed by atoms with Gasteiger partial charge in [-0.05, 0) is 25.0 Å². The molecule has 0 spiro atoms. The first-order chi connectivity index (χ1) is 13.7. The molecule has 0 N–H and O–H groups in total. The van der Waals surface area contributed by atoms with Crippen molar-refractivity contribution in [1.82, 2.24) is 4.90 Å². The lowest BCUT2D eigenvalue weighted by molar-refractivity contribution is -0.138. The Labute approximate surface area is 165 Å². The molecule has 1 saturated heterocycles. The molecule has 1 aromatic rings. The number of hydrogen-bond donors (Lipinski definition) is 0. The van der Waals surface area contributed by atoms with E-state index in [0.29, 0.717) is 37.8 Å². The van der Waals surface area contributed by atoms with Crippen molar-refractivity contribution in [1.29, 1.82) is 0 Å². The number of carbonyl (C=O) groups excluding carboxylic acids is 2. The summed E-state index contributed by atoms with van der Waals surface area (Å²) in [7, 11) is 0. The number of ether oxygens (including phenoxy) is 2. The minimum atomic E-state index is -0.351. The highest BCUT2D eigenvalue weighted by molar-refractivity contribution is 6.00. The van der Waals surface area contributed by atoms with Crippen LogP contribution in [0.4, 0.5) is 5.69 Å². The minimum Gasteiger partial charge on any atom is -0.486 e. The molecule has 3 aliphatic rings. The van der Waals surface area contributed by atoms with Gasteiger partial charge in [-0.15, -0.1) is 6.42 Å². The predicted molar refractivity (Wildman–Crippen MR) is 105 cm³/mol. The van der Waals surface area contributed by atoms with Gasteiger partial charge in [-0.3, -0.25) is 9.59 Å². The van der Waals surface area contributed by atoms with Crippen molar-refractivity contribution in [2.75, 3.05) is 31.2 Å². The van der Waals surface area contributed by atoms with Gasteiger partial charge < -0.3 is 19.3 Å². The number of amides is 2. The Morgan fingerprint density at radius 3 is 2.68 bits per heavy atom. The lowest BCUT2D eigenvalue weighted by Crippen LogP contribution is -2.45. The molecule has 0 aromatic heterocycles. The van der Waals surface area contributed by atoms with Gasteiger partial charge in [0.2, 0.25) is 11.8 Å². The molecule has 1 atom stereocenters. The van der Waals surface area contributed by atoms with Gasteiger partial charge in [0, 0.05) is 30.8 Å². The molecular weight excluding hydrogens is 356 g/mol. The third-order valence-electron chi connectivity index (χ3n) is 5.87. The molecule has 148 valence electrons. The zero-order valence-corrected chi connectivity index (χ0v) is 16.1. The van der Waals surface area contributed by atoms with E-state index in [1.807, 2.05) is 23.1 Å². The average Bonchev–Trinajstić information content (AvgIpc) is 3.13. The maximum Gasteiger partial charge on any atom is 0.229 e. The van der Waals surface area contributed by atoms with Gasteiger partial charge in [0.05, 0.1) is 12.5 Å². The highest BCUT2D eigenvalue weighted by atomic mass is 16.6. The van der Waals surface area contributed by atoms with Crippen molar-refractivity contribution in [2.24, 2.45) is 5.92 Å². The second kappa shape index (κ2) is 8.14. The van der Waals surface area contributed by atoms with Crippen LogP contribution in [0.2, 0.25) is 0 Å². The molecule has 1 aliphatic carbocycles. The first-order valence-electron chi connectivity index (χ1n) is 10.1. The van der Waals surface area contributed by atoms with Gasteiger partial charge in [0.15, 0.2) is 11.5 Å². The fraction of sp³-hybridized carbons (Fsp3) is 0.545. The third kappa shape index (κ3) is 3.66. The number of hydrogen-bond acceptors (Lipinski definition) is 4. The SMILES string of the molecule is C#CCN(C(=O)C1CC(=O)N(c2ccc3c(c2)OCCO3)C1)C1CCCCC1. The second-order valence-corrected chi connectivity index (χ2v) is 7.70. The molecule has 6 heteroatoms. The van der Waals surface area contributed by atoms with Crippen molar-refractivity contribution in [3.8, 4) is 23.8 Å². The molecule has 6 nitrogen and oxygen atoms in total. The van der Waals surface area contributed by atoms with Gasteiger partial charge in [-0.2, -0.15) is 0 Å². The van der Waals surface area contributed by atoms with Gasteiger partial charge >= 0.3 is 0 Å². The smallest absolute Gasteiger partial charge is 0.229 e. The van der Waals surface area contributed by atoms with Crippen LogP contribution < -0.4 is 14.4 Å². The van der Waals surface area contributed by atoms with E-state index in [1.54, 1.807) is 4.90 Å². The largest absolute Gasteiger partial charge is 0.486 e. The van der Waals surface area contributed by atoms with E-state index in [9.17, 15) is 9.59 Å². The highest BCUT2D eigenvalue weighted by Crippen LogP contribution is 2.36. The van der Waals surface area contributed by atoms with Crippen molar-refractivity contribution in [3.63, 3.8) is 0 Å². The average molecular weight is 382 g/mol. The topological polar surface area (TPSA) is 59.1 Å². The number of carbonyl (C=O) groups is 2. The first-order valence-corrected chi connectivity index (χ1v) is 10.1. The Bertz CT molecular complexity index is 794. The van der Waals surface area contributed by atoms with Crippen molar-refractivity contribution in [2.45, 2.75) is 44.6 Å². The monoisotopic (exact) mass is 382 g/mol. The normalized spacial score (nSPS) is 22.0. The zero-order chi connectivity index (χ0) is 19.5. The Hall–Kier alpha value is -2.68. The number of fused-ring (bicyclic) bond motifs is 1. The molecular formula is C22H26N2O4. The maximum atomic E-state index is 13.2. The molecule has 0 bridgehead atoms. The van der Waals surface area contributed by atoms with Gasteiger partial charge in [0.1, 0.15) is 13.2 Å². The second-order valence-electron chi connectivity index (χ2n) is 7.70. The first kappa shape index (κ1) is 18.7. The number of nitrogens with zero attached hydrogens (tertiary/aromatic N) is 2. The van der Waals surface area contributed by atoms with Crippen LogP contribution in [0.3, 0.4) is 0 Å². The van der Waals surface area contributed by atoms with E-state index in [0.717, 1.165) is 31.4 Å². The summed E-state index contributed by atoms with van der Waals surface area (Å²) in [6.07, 6.45) is 11.2. The van der Waals surface area contributed by atoms with Crippen LogP contribution in [0.5, 0.6) is 11.5 Å². The summed E-state index contributed by atoms with van der Waals surface area (Å²) in [6, 6.07) is 5.69. The van der Waals surface area contributed by atoms with Crippen LogP contribution in [0.1, 0.15) is 38.5 Å². The maximum absolute atomic E-state index is 13.2. The van der Waals surface area contributed by atoms with Crippen LogP contribution in [0, 0.1) is 18.3 Å². The van der Waals surface area contributed by atoms with Crippen LogP contribution >= 0.6 is 0 Å². The third-order valence-corrected chi connectivity index (χ3v) is 5.87. The van der Waals surface area contributed by atoms with E-state index in [2.05, 4.69) is 5.92 Å². The van der Waals surface area contributed by atoms with E-state index in [-0.39, 0.29) is 30.2 Å². The van der Waals surface area contributed by atoms with Crippen LogP contribution in [-0.4, -0.2) is 49.1 Å². The quantitative estimate of drug-likeness (QED) is 0.751. The van der Waals surface area contributed by atoms with Crippen molar-refractivity contribution < 1.29 is 19.1 Å². The van der Waals surface area contributed by atoms with Crippen LogP contribution in [0.15, 0.2) is 18.2 Å². The molecule has 4 rings (SSSR count). The molecule has 0 radical (unpaired) electrons. The molecule has 2 heterocycles.